The van der Waals surface area contributed by atoms with Crippen LogP contribution in [0.4, 0.5) is 0 Å². The molecule has 1 fully saturated rings. The Balaban J connectivity index is 1.70. The van der Waals surface area contributed by atoms with Gasteiger partial charge in [0.25, 0.3) is 11.8 Å². The van der Waals surface area contributed by atoms with E-state index in [-0.39, 0.29) is 17.9 Å². The van der Waals surface area contributed by atoms with E-state index in [0.717, 1.165) is 36.1 Å². The molecule has 1 saturated carbocycles. The van der Waals surface area contributed by atoms with Gasteiger partial charge in [-0.25, -0.2) is 0 Å². The summed E-state index contributed by atoms with van der Waals surface area (Å²) >= 11 is 1.54. The summed E-state index contributed by atoms with van der Waals surface area (Å²) in [7, 11) is 0. The van der Waals surface area contributed by atoms with Crippen molar-refractivity contribution in [3.05, 3.63) is 64.0 Å². The van der Waals surface area contributed by atoms with Gasteiger partial charge in [-0.2, -0.15) is 0 Å². The summed E-state index contributed by atoms with van der Waals surface area (Å²) in [5.41, 5.74) is 2.31. The summed E-state index contributed by atoms with van der Waals surface area (Å²) in [4.78, 5) is 31.9. The molecule has 4 nitrogen and oxygen atoms in total. The van der Waals surface area contributed by atoms with Crippen LogP contribution in [0.2, 0.25) is 0 Å². The molecule has 2 aromatic rings. The molecule has 1 aliphatic carbocycles. The van der Waals surface area contributed by atoms with Crippen LogP contribution in [-0.2, 0) is 16.1 Å². The molecule has 1 aliphatic heterocycles. The minimum Gasteiger partial charge on any atom is -0.362 e. The highest BCUT2D eigenvalue weighted by atomic mass is 32.1. The molecule has 30 heavy (non-hydrogen) atoms. The summed E-state index contributed by atoms with van der Waals surface area (Å²) in [5, 5.41) is 1.98. The lowest BCUT2D eigenvalue weighted by Crippen LogP contribution is -2.42. The fourth-order valence-corrected chi connectivity index (χ4v) is 5.41. The number of amides is 2. The second-order valence-electron chi connectivity index (χ2n) is 8.18. The van der Waals surface area contributed by atoms with Crippen LogP contribution in [0, 0.1) is 0 Å². The molecule has 0 saturated heterocycles. The lowest BCUT2D eigenvalue weighted by Gasteiger charge is -2.30. The summed E-state index contributed by atoms with van der Waals surface area (Å²) < 4.78 is 0. The number of carbonyl (C=O) groups is 2. The predicted molar refractivity (Wildman–Crippen MR) is 122 cm³/mol. The van der Waals surface area contributed by atoms with Gasteiger partial charge in [-0.3, -0.25) is 14.5 Å². The average molecular weight is 423 g/mol. The van der Waals surface area contributed by atoms with Crippen molar-refractivity contribution in [1.29, 1.82) is 0 Å². The van der Waals surface area contributed by atoms with Crippen LogP contribution in [0.5, 0.6) is 0 Å². The van der Waals surface area contributed by atoms with E-state index >= 15 is 0 Å². The molecule has 1 aromatic carbocycles. The van der Waals surface area contributed by atoms with Crippen molar-refractivity contribution in [2.45, 2.75) is 64.5 Å². The molecule has 158 valence electrons. The zero-order chi connectivity index (χ0) is 20.9. The highest BCUT2D eigenvalue weighted by molar-refractivity contribution is 7.11. The largest absolute Gasteiger partial charge is 0.362 e. The van der Waals surface area contributed by atoms with Crippen LogP contribution in [0.1, 0.15) is 62.3 Å². The summed E-state index contributed by atoms with van der Waals surface area (Å²) in [6, 6.07) is 14.1. The third kappa shape index (κ3) is 4.22. The molecule has 2 aliphatic rings. The maximum absolute atomic E-state index is 13.7. The van der Waals surface area contributed by atoms with Gasteiger partial charge in [-0.1, -0.05) is 68.5 Å². The van der Waals surface area contributed by atoms with Crippen molar-refractivity contribution in [2.24, 2.45) is 0 Å². The monoisotopic (exact) mass is 422 g/mol. The van der Waals surface area contributed by atoms with E-state index in [1.807, 2.05) is 35.7 Å². The minimum atomic E-state index is -0.105. The molecule has 0 unspecified atom stereocenters. The molecule has 0 radical (unpaired) electrons. The molecule has 1 aromatic heterocycles. The standard InChI is InChI=1S/C25H30N2O2S/c1-2-26(18-19-12-7-6-8-13-19)23-22(21-16-11-17-30-21)24(28)27(25(23)29)20-14-9-4-3-5-10-15-20/h6-8,11-13,16-17,20H,2-5,9-10,14-15,18H2,1H3. The summed E-state index contributed by atoms with van der Waals surface area (Å²) in [5.74, 6) is -0.207. The summed E-state index contributed by atoms with van der Waals surface area (Å²) in [6.07, 6.45) is 7.68. The normalized spacial score (nSPS) is 18.6. The molecular weight excluding hydrogens is 392 g/mol. The van der Waals surface area contributed by atoms with Crippen LogP contribution >= 0.6 is 11.3 Å². The average Bonchev–Trinajstić information content (AvgIpc) is 3.34. The molecule has 4 rings (SSSR count). The van der Waals surface area contributed by atoms with Crippen LogP contribution < -0.4 is 0 Å². The van der Waals surface area contributed by atoms with Gasteiger partial charge >= 0.3 is 0 Å². The number of carbonyl (C=O) groups excluding carboxylic acids is 2. The van der Waals surface area contributed by atoms with E-state index in [9.17, 15) is 9.59 Å². The van der Waals surface area contributed by atoms with Crippen LogP contribution in [0.25, 0.3) is 5.57 Å². The Hall–Kier alpha value is -2.40. The van der Waals surface area contributed by atoms with E-state index in [2.05, 4.69) is 24.0 Å². The number of imide groups is 1. The third-order valence-corrected chi connectivity index (χ3v) is 7.10. The number of hydrogen-bond acceptors (Lipinski definition) is 4. The summed E-state index contributed by atoms with van der Waals surface area (Å²) in [6.45, 7) is 3.36. The fourth-order valence-electron chi connectivity index (χ4n) is 4.65. The van der Waals surface area contributed by atoms with Crippen LogP contribution in [-0.4, -0.2) is 34.2 Å². The Morgan fingerprint density at radius 3 is 2.27 bits per heavy atom. The second-order valence-corrected chi connectivity index (χ2v) is 9.13. The first kappa shape index (κ1) is 20.9. The van der Waals surface area contributed by atoms with E-state index in [1.54, 1.807) is 4.90 Å². The van der Waals surface area contributed by atoms with Crippen molar-refractivity contribution < 1.29 is 9.59 Å². The Morgan fingerprint density at radius 1 is 0.933 bits per heavy atom. The van der Waals surface area contributed by atoms with Gasteiger partial charge < -0.3 is 4.90 Å². The van der Waals surface area contributed by atoms with Gasteiger partial charge in [0, 0.05) is 24.0 Å². The molecule has 0 spiro atoms. The van der Waals surface area contributed by atoms with Gasteiger partial charge in [0.15, 0.2) is 0 Å². The lowest BCUT2D eigenvalue weighted by atomic mass is 9.95. The Bertz CT molecular complexity index is 896. The van der Waals surface area contributed by atoms with Crippen molar-refractivity contribution in [2.75, 3.05) is 6.54 Å². The fraction of sp³-hybridized carbons (Fsp3) is 0.440. The first-order chi connectivity index (χ1) is 14.7. The molecule has 2 amide bonds. The number of nitrogens with zero attached hydrogens (tertiary/aromatic N) is 2. The van der Waals surface area contributed by atoms with Crippen LogP contribution in [0.3, 0.4) is 0 Å². The molecule has 0 bridgehead atoms. The highest BCUT2D eigenvalue weighted by Gasteiger charge is 2.44. The first-order valence-corrected chi connectivity index (χ1v) is 12.0. The third-order valence-electron chi connectivity index (χ3n) is 6.21. The van der Waals surface area contributed by atoms with E-state index in [1.165, 1.54) is 30.6 Å². The van der Waals surface area contributed by atoms with Gasteiger partial charge in [-0.05, 0) is 36.8 Å². The van der Waals surface area contributed by atoms with Crippen molar-refractivity contribution >= 4 is 28.7 Å². The predicted octanol–water partition coefficient (Wildman–Crippen LogP) is 5.46. The topological polar surface area (TPSA) is 40.6 Å². The molecule has 2 heterocycles. The van der Waals surface area contributed by atoms with Gasteiger partial charge in [0.2, 0.25) is 0 Å². The number of likely N-dealkylation sites (N-methyl/N-ethyl adjacent to an activating group) is 1. The first-order valence-electron chi connectivity index (χ1n) is 11.2. The molecule has 0 atom stereocenters. The van der Waals surface area contributed by atoms with E-state index < -0.39 is 0 Å². The highest BCUT2D eigenvalue weighted by Crippen LogP contribution is 2.37. The SMILES string of the molecule is CCN(Cc1ccccc1)C1=C(c2cccs2)C(=O)N(C2CCCCCCC2)C1=O. The second kappa shape index (κ2) is 9.61. The Labute approximate surface area is 183 Å². The van der Waals surface area contributed by atoms with Crippen molar-refractivity contribution in [1.82, 2.24) is 9.80 Å². The number of hydrogen-bond donors (Lipinski definition) is 0. The molecular formula is C25H30N2O2S. The van der Waals surface area contributed by atoms with E-state index in [0.29, 0.717) is 24.4 Å². The molecule has 0 N–H and O–H groups in total. The maximum Gasteiger partial charge on any atom is 0.278 e. The van der Waals surface area contributed by atoms with Gasteiger partial charge in [0.05, 0.1) is 5.57 Å². The zero-order valence-corrected chi connectivity index (χ0v) is 18.5. The number of thiophene rings is 1. The van der Waals surface area contributed by atoms with E-state index in [4.69, 9.17) is 0 Å². The maximum atomic E-state index is 13.7. The minimum absolute atomic E-state index is 0.0215. The molecule has 5 heteroatoms. The smallest absolute Gasteiger partial charge is 0.278 e. The lowest BCUT2D eigenvalue weighted by molar-refractivity contribution is -0.140. The number of benzene rings is 1. The Morgan fingerprint density at radius 2 is 1.63 bits per heavy atom. The van der Waals surface area contributed by atoms with Crippen LogP contribution in [0.15, 0.2) is 53.5 Å². The van der Waals surface area contributed by atoms with Gasteiger partial charge in [-0.15, -0.1) is 11.3 Å². The van der Waals surface area contributed by atoms with Gasteiger partial charge in [0.1, 0.15) is 5.70 Å². The number of rotatable bonds is 6. The zero-order valence-electron chi connectivity index (χ0n) is 17.7. The Kier molecular flexibility index (Phi) is 6.68. The van der Waals surface area contributed by atoms with Crippen molar-refractivity contribution in [3.63, 3.8) is 0 Å². The quantitative estimate of drug-likeness (QED) is 0.580. The van der Waals surface area contributed by atoms with Crippen molar-refractivity contribution in [3.8, 4) is 0 Å².